The van der Waals surface area contributed by atoms with E-state index < -0.39 is 0 Å². The average Bonchev–Trinajstić information content (AvgIpc) is 2.74. The van der Waals surface area contributed by atoms with Crippen LogP contribution in [-0.2, 0) is 6.54 Å². The van der Waals surface area contributed by atoms with Gasteiger partial charge in [-0.3, -0.25) is 4.79 Å². The highest BCUT2D eigenvalue weighted by atomic mass is 16.3. The van der Waals surface area contributed by atoms with Gasteiger partial charge in [-0.2, -0.15) is 5.10 Å². The molecule has 0 unspecified atom stereocenters. The lowest BCUT2D eigenvalue weighted by atomic mass is 10.1. The Morgan fingerprint density at radius 1 is 1.00 bits per heavy atom. The van der Waals surface area contributed by atoms with Gasteiger partial charge in [-0.1, -0.05) is 42.5 Å². The summed E-state index contributed by atoms with van der Waals surface area (Å²) < 4.78 is 0. The van der Waals surface area contributed by atoms with Gasteiger partial charge in [0.1, 0.15) is 5.75 Å². The lowest BCUT2D eigenvalue weighted by Gasteiger charge is -2.23. The van der Waals surface area contributed by atoms with E-state index in [2.05, 4.69) is 58.7 Å². The number of phenolic OH excluding ortho intramolecular Hbond substituents is 1. The first kappa shape index (κ1) is 19.2. The third-order valence-corrected chi connectivity index (χ3v) is 4.37. The molecule has 0 saturated carbocycles. The van der Waals surface area contributed by atoms with Crippen molar-refractivity contribution in [2.75, 3.05) is 11.4 Å². The first-order valence-electron chi connectivity index (χ1n) is 9.17. The SMILES string of the molecule is CCN(Cc1ccccc1)c1ccc(/C=N\NC(=O)c2ccc(O)cc2)cc1. The predicted molar refractivity (Wildman–Crippen MR) is 113 cm³/mol. The second kappa shape index (κ2) is 9.37. The summed E-state index contributed by atoms with van der Waals surface area (Å²) in [6.07, 6.45) is 1.61. The summed E-state index contributed by atoms with van der Waals surface area (Å²) in [7, 11) is 0. The lowest BCUT2D eigenvalue weighted by molar-refractivity contribution is 0.0955. The minimum absolute atomic E-state index is 0.119. The Bertz CT molecular complexity index is 920. The van der Waals surface area contributed by atoms with Crippen LogP contribution in [0.5, 0.6) is 5.75 Å². The molecule has 142 valence electrons. The van der Waals surface area contributed by atoms with Crippen LogP contribution >= 0.6 is 0 Å². The van der Waals surface area contributed by atoms with Crippen molar-refractivity contribution in [2.24, 2.45) is 5.10 Å². The highest BCUT2D eigenvalue weighted by molar-refractivity contribution is 5.95. The van der Waals surface area contributed by atoms with Crippen molar-refractivity contribution in [1.29, 1.82) is 0 Å². The van der Waals surface area contributed by atoms with E-state index in [4.69, 9.17) is 0 Å². The van der Waals surface area contributed by atoms with Gasteiger partial charge in [-0.05, 0) is 54.4 Å². The van der Waals surface area contributed by atoms with Crippen molar-refractivity contribution >= 4 is 17.8 Å². The molecule has 0 saturated heterocycles. The number of hydrogen-bond donors (Lipinski definition) is 2. The summed E-state index contributed by atoms with van der Waals surface area (Å²) in [5.74, 6) is -0.207. The number of nitrogens with one attached hydrogen (secondary N) is 1. The van der Waals surface area contributed by atoms with Gasteiger partial charge in [-0.25, -0.2) is 5.43 Å². The molecule has 3 aromatic carbocycles. The molecule has 3 aromatic rings. The fourth-order valence-electron chi connectivity index (χ4n) is 2.80. The molecule has 5 nitrogen and oxygen atoms in total. The van der Waals surface area contributed by atoms with Gasteiger partial charge < -0.3 is 10.0 Å². The standard InChI is InChI=1S/C23H23N3O2/c1-2-26(17-19-6-4-3-5-7-19)21-12-8-18(9-13-21)16-24-25-23(28)20-10-14-22(27)15-11-20/h3-16,27H,2,17H2,1H3,(H,25,28)/b24-16-. The third kappa shape index (κ3) is 5.20. The maximum absolute atomic E-state index is 12.0. The summed E-state index contributed by atoms with van der Waals surface area (Å²) in [4.78, 5) is 14.3. The molecule has 0 atom stereocenters. The fraction of sp³-hybridized carbons (Fsp3) is 0.130. The molecule has 3 rings (SSSR count). The predicted octanol–water partition coefficient (Wildman–Crippen LogP) is 4.18. The summed E-state index contributed by atoms with van der Waals surface area (Å²) in [5.41, 5.74) is 6.22. The van der Waals surface area contributed by atoms with Gasteiger partial charge in [0.05, 0.1) is 6.21 Å². The Labute approximate surface area is 165 Å². The second-order valence-electron chi connectivity index (χ2n) is 6.34. The summed E-state index contributed by atoms with van der Waals surface area (Å²) in [6, 6.07) is 24.4. The van der Waals surface area contributed by atoms with Gasteiger partial charge in [0.25, 0.3) is 5.91 Å². The molecule has 0 aliphatic rings. The Balaban J connectivity index is 1.59. The molecule has 0 aliphatic carbocycles. The van der Waals surface area contributed by atoms with E-state index in [0.717, 1.165) is 24.3 Å². The number of anilines is 1. The Hall–Kier alpha value is -3.60. The normalized spacial score (nSPS) is 10.8. The van der Waals surface area contributed by atoms with E-state index in [0.29, 0.717) is 5.56 Å². The molecule has 0 aromatic heterocycles. The van der Waals surface area contributed by atoms with Gasteiger partial charge >= 0.3 is 0 Å². The summed E-state index contributed by atoms with van der Waals surface area (Å²) in [5, 5.41) is 13.3. The number of hydrogen-bond acceptors (Lipinski definition) is 4. The maximum atomic E-state index is 12.0. The largest absolute Gasteiger partial charge is 0.508 e. The number of phenols is 1. The summed E-state index contributed by atoms with van der Waals surface area (Å²) in [6.45, 7) is 3.90. The number of nitrogens with zero attached hydrogens (tertiary/aromatic N) is 2. The first-order chi connectivity index (χ1) is 13.7. The number of rotatable bonds is 7. The van der Waals surface area contributed by atoms with E-state index in [1.807, 2.05) is 18.2 Å². The zero-order valence-corrected chi connectivity index (χ0v) is 15.7. The van der Waals surface area contributed by atoms with E-state index in [-0.39, 0.29) is 11.7 Å². The molecule has 0 radical (unpaired) electrons. The van der Waals surface area contributed by atoms with Gasteiger partial charge in [0.2, 0.25) is 0 Å². The second-order valence-corrected chi connectivity index (χ2v) is 6.34. The van der Waals surface area contributed by atoms with Crippen LogP contribution in [0.3, 0.4) is 0 Å². The molecule has 1 amide bonds. The van der Waals surface area contributed by atoms with Crippen molar-refractivity contribution in [3.05, 3.63) is 95.6 Å². The van der Waals surface area contributed by atoms with Crippen LogP contribution in [0.2, 0.25) is 0 Å². The molecule has 5 heteroatoms. The molecular formula is C23H23N3O2. The van der Waals surface area contributed by atoms with Crippen LogP contribution in [-0.4, -0.2) is 23.8 Å². The van der Waals surface area contributed by atoms with Crippen LogP contribution in [0.1, 0.15) is 28.4 Å². The number of hydrazone groups is 1. The molecule has 0 heterocycles. The van der Waals surface area contributed by atoms with E-state index in [1.165, 1.54) is 17.7 Å². The molecule has 0 spiro atoms. The zero-order valence-electron chi connectivity index (χ0n) is 15.7. The minimum atomic E-state index is -0.326. The highest BCUT2D eigenvalue weighted by Gasteiger charge is 2.06. The Kier molecular flexibility index (Phi) is 6.41. The van der Waals surface area contributed by atoms with Crippen molar-refractivity contribution in [2.45, 2.75) is 13.5 Å². The quantitative estimate of drug-likeness (QED) is 0.482. The zero-order chi connectivity index (χ0) is 19.8. The van der Waals surface area contributed by atoms with Gasteiger partial charge in [-0.15, -0.1) is 0 Å². The number of carbonyl (C=O) groups excluding carboxylic acids is 1. The average molecular weight is 373 g/mol. The number of amides is 1. The van der Waals surface area contributed by atoms with Crippen molar-refractivity contribution in [3.8, 4) is 5.75 Å². The number of benzene rings is 3. The molecule has 0 bridgehead atoms. The van der Waals surface area contributed by atoms with Gasteiger partial charge in [0, 0.05) is 24.3 Å². The molecule has 0 fully saturated rings. The van der Waals surface area contributed by atoms with Crippen LogP contribution in [0.25, 0.3) is 0 Å². The van der Waals surface area contributed by atoms with Crippen LogP contribution in [0.4, 0.5) is 5.69 Å². The highest BCUT2D eigenvalue weighted by Crippen LogP contribution is 2.17. The van der Waals surface area contributed by atoms with E-state index in [9.17, 15) is 9.90 Å². The number of carbonyl (C=O) groups is 1. The Morgan fingerprint density at radius 2 is 1.68 bits per heavy atom. The Morgan fingerprint density at radius 3 is 2.32 bits per heavy atom. The fourth-order valence-corrected chi connectivity index (χ4v) is 2.80. The molecule has 28 heavy (non-hydrogen) atoms. The van der Waals surface area contributed by atoms with Gasteiger partial charge in [0.15, 0.2) is 0 Å². The first-order valence-corrected chi connectivity index (χ1v) is 9.17. The van der Waals surface area contributed by atoms with E-state index in [1.54, 1.807) is 18.3 Å². The smallest absolute Gasteiger partial charge is 0.271 e. The maximum Gasteiger partial charge on any atom is 0.271 e. The van der Waals surface area contributed by atoms with Crippen molar-refractivity contribution < 1.29 is 9.90 Å². The minimum Gasteiger partial charge on any atom is -0.508 e. The topological polar surface area (TPSA) is 64.9 Å². The van der Waals surface area contributed by atoms with E-state index >= 15 is 0 Å². The molecule has 0 aliphatic heterocycles. The summed E-state index contributed by atoms with van der Waals surface area (Å²) >= 11 is 0. The number of aromatic hydroxyl groups is 1. The monoisotopic (exact) mass is 373 g/mol. The molecular weight excluding hydrogens is 350 g/mol. The third-order valence-electron chi connectivity index (χ3n) is 4.37. The van der Waals surface area contributed by atoms with Crippen molar-refractivity contribution in [3.63, 3.8) is 0 Å². The van der Waals surface area contributed by atoms with Crippen molar-refractivity contribution in [1.82, 2.24) is 5.43 Å². The van der Waals surface area contributed by atoms with Crippen LogP contribution in [0, 0.1) is 0 Å². The van der Waals surface area contributed by atoms with Crippen LogP contribution < -0.4 is 10.3 Å². The molecule has 2 N–H and O–H groups in total. The lowest BCUT2D eigenvalue weighted by Crippen LogP contribution is -2.21. The van der Waals surface area contributed by atoms with Crippen LogP contribution in [0.15, 0.2) is 84.0 Å².